The molecule has 0 spiro atoms. The number of amides is 1. The maximum absolute atomic E-state index is 13.2. The van der Waals surface area contributed by atoms with Gasteiger partial charge in [0.25, 0.3) is 5.91 Å². The Morgan fingerprint density at radius 3 is 2.62 bits per heavy atom. The van der Waals surface area contributed by atoms with Gasteiger partial charge in [-0.2, -0.15) is 8.42 Å². The number of benzene rings is 1. The first kappa shape index (κ1) is 15.2. The average Bonchev–Trinajstić information content (AvgIpc) is 2.87. The number of aromatic nitrogens is 1. The Balaban J connectivity index is 2.30. The largest absolute Gasteiger partial charge is 0.344 e. The molecule has 1 amide bonds. The van der Waals surface area contributed by atoms with Crippen molar-refractivity contribution in [2.75, 3.05) is 5.32 Å². The number of halogens is 1. The van der Waals surface area contributed by atoms with Crippen molar-refractivity contribution in [3.05, 3.63) is 48.3 Å². The Kier molecular flexibility index (Phi) is 4.42. The molecule has 0 saturated carbocycles. The Morgan fingerprint density at radius 1 is 1.24 bits per heavy atom. The smallest absolute Gasteiger partial charge is 0.334 e. The van der Waals surface area contributed by atoms with E-state index in [0.717, 1.165) is 12.5 Å². The number of rotatable bonds is 5. The van der Waals surface area contributed by atoms with Crippen LogP contribution in [0.15, 0.2) is 47.5 Å². The molecule has 1 heterocycles. The van der Waals surface area contributed by atoms with Gasteiger partial charge < -0.3 is 9.88 Å². The Labute approximate surface area is 122 Å². The molecule has 2 rings (SSSR count). The van der Waals surface area contributed by atoms with Crippen molar-refractivity contribution in [3.8, 4) is 0 Å². The van der Waals surface area contributed by atoms with Crippen molar-refractivity contribution in [1.82, 2.24) is 4.57 Å². The summed E-state index contributed by atoms with van der Waals surface area (Å²) in [5, 5.41) is 2.44. The SMILES string of the molecule is CCCn1cccc1C(=O)Nc1ccccc1S(=O)(=O)F. The molecule has 112 valence electrons. The third-order valence-electron chi connectivity index (χ3n) is 2.92. The minimum atomic E-state index is -4.89. The number of anilines is 1. The zero-order valence-electron chi connectivity index (χ0n) is 11.4. The van der Waals surface area contributed by atoms with Gasteiger partial charge in [0.05, 0.1) is 5.69 Å². The van der Waals surface area contributed by atoms with E-state index < -0.39 is 21.0 Å². The van der Waals surface area contributed by atoms with Gasteiger partial charge in [0.2, 0.25) is 0 Å². The lowest BCUT2D eigenvalue weighted by Gasteiger charge is -2.10. The zero-order valence-corrected chi connectivity index (χ0v) is 12.2. The highest BCUT2D eigenvalue weighted by molar-refractivity contribution is 7.86. The minimum Gasteiger partial charge on any atom is -0.344 e. The maximum Gasteiger partial charge on any atom is 0.334 e. The second kappa shape index (κ2) is 6.09. The molecular weight excluding hydrogens is 295 g/mol. The summed E-state index contributed by atoms with van der Waals surface area (Å²) in [4.78, 5) is 11.7. The van der Waals surface area contributed by atoms with Gasteiger partial charge >= 0.3 is 10.2 Å². The molecule has 2 aromatic rings. The van der Waals surface area contributed by atoms with E-state index >= 15 is 0 Å². The number of nitrogens with zero attached hydrogens (tertiary/aromatic N) is 1. The van der Waals surface area contributed by atoms with Crippen LogP contribution in [0.5, 0.6) is 0 Å². The van der Waals surface area contributed by atoms with E-state index in [1.54, 1.807) is 22.9 Å². The second-order valence-electron chi connectivity index (χ2n) is 4.47. The molecule has 0 aliphatic heterocycles. The molecule has 1 aromatic carbocycles. The van der Waals surface area contributed by atoms with Crippen LogP contribution in [0.25, 0.3) is 0 Å². The molecule has 7 heteroatoms. The number of hydrogen-bond donors (Lipinski definition) is 1. The summed E-state index contributed by atoms with van der Waals surface area (Å²) in [7, 11) is -4.89. The molecule has 0 unspecified atom stereocenters. The molecule has 5 nitrogen and oxygen atoms in total. The number of nitrogens with one attached hydrogen (secondary N) is 1. The molecule has 0 fully saturated rings. The molecule has 21 heavy (non-hydrogen) atoms. The molecule has 0 atom stereocenters. The normalized spacial score (nSPS) is 11.3. The number of carbonyl (C=O) groups is 1. The predicted molar refractivity (Wildman–Crippen MR) is 77.4 cm³/mol. The van der Waals surface area contributed by atoms with Crippen molar-refractivity contribution in [1.29, 1.82) is 0 Å². The Morgan fingerprint density at radius 2 is 1.95 bits per heavy atom. The third kappa shape index (κ3) is 3.49. The Hall–Kier alpha value is -2.15. The van der Waals surface area contributed by atoms with Crippen LogP contribution in [0.4, 0.5) is 9.57 Å². The molecule has 0 radical (unpaired) electrons. The summed E-state index contributed by atoms with van der Waals surface area (Å²) in [6, 6.07) is 8.71. The fourth-order valence-electron chi connectivity index (χ4n) is 2.02. The van der Waals surface area contributed by atoms with E-state index in [1.165, 1.54) is 18.2 Å². The lowest BCUT2D eigenvalue weighted by Crippen LogP contribution is -2.18. The van der Waals surface area contributed by atoms with Gasteiger partial charge in [-0.25, -0.2) is 0 Å². The quantitative estimate of drug-likeness (QED) is 0.863. The van der Waals surface area contributed by atoms with Gasteiger partial charge in [0.1, 0.15) is 10.6 Å². The number of hydrogen-bond acceptors (Lipinski definition) is 3. The van der Waals surface area contributed by atoms with Crippen LogP contribution in [0.1, 0.15) is 23.8 Å². The van der Waals surface area contributed by atoms with Gasteiger partial charge in [-0.15, -0.1) is 3.89 Å². The van der Waals surface area contributed by atoms with Gasteiger partial charge in [-0.3, -0.25) is 4.79 Å². The fraction of sp³-hybridized carbons (Fsp3) is 0.214. The van der Waals surface area contributed by atoms with Gasteiger partial charge in [-0.05, 0) is 30.7 Å². The van der Waals surface area contributed by atoms with E-state index in [0.29, 0.717) is 12.2 Å². The third-order valence-corrected chi connectivity index (χ3v) is 3.81. The molecule has 1 N–H and O–H groups in total. The highest BCUT2D eigenvalue weighted by atomic mass is 32.3. The first-order valence-electron chi connectivity index (χ1n) is 6.43. The van der Waals surface area contributed by atoms with Gasteiger partial charge in [0, 0.05) is 12.7 Å². The summed E-state index contributed by atoms with van der Waals surface area (Å²) in [5.74, 6) is -0.482. The molecule has 0 bridgehead atoms. The summed E-state index contributed by atoms with van der Waals surface area (Å²) >= 11 is 0. The number of para-hydroxylation sites is 1. The van der Waals surface area contributed by atoms with Crippen molar-refractivity contribution < 1.29 is 17.1 Å². The first-order valence-corrected chi connectivity index (χ1v) is 7.82. The monoisotopic (exact) mass is 310 g/mol. The molecule has 1 aromatic heterocycles. The standard InChI is InChI=1S/C14H15FN2O3S/c1-2-9-17-10-5-7-12(17)14(18)16-11-6-3-4-8-13(11)21(15,19)20/h3-8,10H,2,9H2,1H3,(H,16,18). The summed E-state index contributed by atoms with van der Waals surface area (Å²) < 4.78 is 37.1. The molecule has 0 aliphatic carbocycles. The zero-order chi connectivity index (χ0) is 15.5. The van der Waals surface area contributed by atoms with E-state index in [9.17, 15) is 17.1 Å². The summed E-state index contributed by atoms with van der Waals surface area (Å²) in [6.45, 7) is 2.64. The highest BCUT2D eigenvalue weighted by Gasteiger charge is 2.19. The second-order valence-corrected chi connectivity index (χ2v) is 5.79. The first-order chi connectivity index (χ1) is 9.93. The average molecular weight is 310 g/mol. The highest BCUT2D eigenvalue weighted by Crippen LogP contribution is 2.23. The van der Waals surface area contributed by atoms with Gasteiger partial charge in [-0.1, -0.05) is 19.1 Å². The Bertz CT molecular complexity index is 753. The van der Waals surface area contributed by atoms with Crippen LogP contribution < -0.4 is 5.32 Å². The van der Waals surface area contributed by atoms with Crippen LogP contribution in [0.3, 0.4) is 0 Å². The van der Waals surface area contributed by atoms with E-state index in [1.807, 2.05) is 6.92 Å². The number of carbonyl (C=O) groups excluding carboxylic acids is 1. The lowest BCUT2D eigenvalue weighted by molar-refractivity contribution is 0.101. The lowest BCUT2D eigenvalue weighted by atomic mass is 10.3. The predicted octanol–water partition coefficient (Wildman–Crippen LogP) is 2.81. The van der Waals surface area contributed by atoms with Crippen molar-refractivity contribution in [2.45, 2.75) is 24.8 Å². The van der Waals surface area contributed by atoms with E-state index in [-0.39, 0.29) is 5.69 Å². The van der Waals surface area contributed by atoms with E-state index in [2.05, 4.69) is 5.32 Å². The fourth-order valence-corrected chi connectivity index (χ4v) is 2.65. The van der Waals surface area contributed by atoms with Crippen molar-refractivity contribution in [2.24, 2.45) is 0 Å². The molecule has 0 saturated heterocycles. The molecular formula is C14H15FN2O3S. The summed E-state index contributed by atoms with van der Waals surface area (Å²) in [6.07, 6.45) is 2.61. The van der Waals surface area contributed by atoms with Crippen molar-refractivity contribution in [3.63, 3.8) is 0 Å². The van der Waals surface area contributed by atoms with Crippen LogP contribution in [-0.4, -0.2) is 18.9 Å². The number of aryl methyl sites for hydroxylation is 1. The molecule has 0 aliphatic rings. The maximum atomic E-state index is 13.2. The topological polar surface area (TPSA) is 68.2 Å². The van der Waals surface area contributed by atoms with Crippen LogP contribution in [0.2, 0.25) is 0 Å². The van der Waals surface area contributed by atoms with Crippen LogP contribution in [0, 0.1) is 0 Å². The minimum absolute atomic E-state index is 0.0748. The van der Waals surface area contributed by atoms with Gasteiger partial charge in [0.15, 0.2) is 0 Å². The summed E-state index contributed by atoms with van der Waals surface area (Å²) in [5.41, 5.74) is 0.317. The van der Waals surface area contributed by atoms with Crippen LogP contribution >= 0.6 is 0 Å². The van der Waals surface area contributed by atoms with E-state index in [4.69, 9.17) is 0 Å². The van der Waals surface area contributed by atoms with Crippen LogP contribution in [-0.2, 0) is 16.8 Å². The van der Waals surface area contributed by atoms with Crippen molar-refractivity contribution >= 4 is 21.8 Å².